The Kier molecular flexibility index (Phi) is 5.75. The second-order valence-corrected chi connectivity index (χ2v) is 8.76. The van der Waals surface area contributed by atoms with Crippen molar-refractivity contribution in [3.63, 3.8) is 0 Å². The number of aliphatic hydroxyl groups excluding tert-OH is 1. The zero-order valence-electron chi connectivity index (χ0n) is 17.8. The van der Waals surface area contributed by atoms with Crippen LogP contribution in [0.4, 0.5) is 0 Å². The third-order valence-corrected chi connectivity index (χ3v) is 6.66. The number of hydrogen-bond acceptors (Lipinski definition) is 4. The highest BCUT2D eigenvalue weighted by Crippen LogP contribution is 2.42. The molecule has 4 heteroatoms. The Hall–Kier alpha value is -2.17. The van der Waals surface area contributed by atoms with Crippen LogP contribution in [0.5, 0.6) is 5.75 Å². The summed E-state index contributed by atoms with van der Waals surface area (Å²) in [7, 11) is 1.68. The van der Waals surface area contributed by atoms with Crippen LogP contribution in [0.1, 0.15) is 44.1 Å². The first-order valence-electron chi connectivity index (χ1n) is 10.7. The van der Waals surface area contributed by atoms with Gasteiger partial charge in [0, 0.05) is 30.1 Å². The number of aromatic nitrogens is 1. The molecule has 2 aromatic rings. The number of benzene rings is 1. The van der Waals surface area contributed by atoms with E-state index in [-0.39, 0.29) is 6.04 Å². The van der Waals surface area contributed by atoms with Crippen LogP contribution in [-0.4, -0.2) is 41.2 Å². The predicted molar refractivity (Wildman–Crippen MR) is 118 cm³/mol. The number of piperidine rings is 3. The highest BCUT2D eigenvalue weighted by Gasteiger charge is 2.42. The van der Waals surface area contributed by atoms with E-state index in [1.54, 1.807) is 7.11 Å². The van der Waals surface area contributed by atoms with Gasteiger partial charge in [-0.3, -0.25) is 9.88 Å². The fraction of sp³-hybridized carbons (Fsp3) is 0.480. The van der Waals surface area contributed by atoms with Gasteiger partial charge >= 0.3 is 0 Å². The molecule has 29 heavy (non-hydrogen) atoms. The van der Waals surface area contributed by atoms with Crippen molar-refractivity contribution < 1.29 is 9.84 Å². The Bertz CT molecular complexity index is 932. The summed E-state index contributed by atoms with van der Waals surface area (Å²) in [5.74, 6) is 1.97. The summed E-state index contributed by atoms with van der Waals surface area (Å²) in [6, 6.07) is 8.20. The maximum Gasteiger partial charge on any atom is 0.119 e. The molecular weight excluding hydrogens is 360 g/mol. The van der Waals surface area contributed by atoms with Crippen LogP contribution in [0.15, 0.2) is 48.6 Å². The van der Waals surface area contributed by atoms with Gasteiger partial charge in [-0.25, -0.2) is 0 Å². The molecular formula is C25H32N2O2. The van der Waals surface area contributed by atoms with Gasteiger partial charge in [-0.1, -0.05) is 17.7 Å². The molecule has 5 atom stereocenters. The zero-order chi connectivity index (χ0) is 20.5. The normalized spacial score (nSPS) is 26.9. The fourth-order valence-corrected chi connectivity index (χ4v) is 4.99. The molecule has 3 aliphatic heterocycles. The Balaban J connectivity index is 1.74. The molecule has 5 rings (SSSR count). The van der Waals surface area contributed by atoms with Crippen molar-refractivity contribution in [3.8, 4) is 5.75 Å². The van der Waals surface area contributed by atoms with Crippen molar-refractivity contribution in [1.82, 2.24) is 9.88 Å². The van der Waals surface area contributed by atoms with Gasteiger partial charge in [-0.15, -0.1) is 6.58 Å². The van der Waals surface area contributed by atoms with E-state index in [9.17, 15) is 5.11 Å². The Morgan fingerprint density at radius 1 is 1.38 bits per heavy atom. The van der Waals surface area contributed by atoms with E-state index in [1.807, 2.05) is 18.2 Å². The zero-order valence-corrected chi connectivity index (χ0v) is 17.8. The molecule has 3 fully saturated rings. The van der Waals surface area contributed by atoms with Gasteiger partial charge < -0.3 is 9.84 Å². The van der Waals surface area contributed by atoms with E-state index >= 15 is 0 Å². The van der Waals surface area contributed by atoms with Gasteiger partial charge in [-0.2, -0.15) is 0 Å². The van der Waals surface area contributed by atoms with Crippen LogP contribution in [0, 0.1) is 11.8 Å². The van der Waals surface area contributed by atoms with Crippen molar-refractivity contribution >= 4 is 10.9 Å². The molecule has 3 saturated heterocycles. The van der Waals surface area contributed by atoms with E-state index in [0.29, 0.717) is 11.8 Å². The third-order valence-electron chi connectivity index (χ3n) is 6.66. The molecule has 0 saturated carbocycles. The average Bonchev–Trinajstić information content (AvgIpc) is 2.76. The number of aliphatic hydroxyl groups is 1. The van der Waals surface area contributed by atoms with Gasteiger partial charge in [0.25, 0.3) is 0 Å². The van der Waals surface area contributed by atoms with Crippen LogP contribution in [0.2, 0.25) is 0 Å². The lowest BCUT2D eigenvalue weighted by molar-refractivity contribution is -0.0445. The Morgan fingerprint density at radius 3 is 2.86 bits per heavy atom. The minimum absolute atomic E-state index is 0.151. The topological polar surface area (TPSA) is 45.6 Å². The summed E-state index contributed by atoms with van der Waals surface area (Å²) < 4.78 is 5.45. The van der Waals surface area contributed by atoms with E-state index < -0.39 is 6.10 Å². The monoisotopic (exact) mass is 392 g/mol. The SMILES string of the molecule is C=C[C@H]1CN2CCC1C[C@H]2[C@H](O)c1cc(CC=C(C)C)nc2ccc(OC)cc12. The maximum absolute atomic E-state index is 11.5. The summed E-state index contributed by atoms with van der Waals surface area (Å²) in [5, 5.41) is 12.5. The molecule has 3 aliphatic rings. The standard InChI is InChI=1S/C25H32N2O2/c1-5-17-15-27-11-10-18(17)12-24(27)25(28)22-13-19(7-6-16(2)3)26-23-9-8-20(29-4)14-21(22)23/h5-6,8-9,13-14,17-18,24-25,28H,1,7,10-12,15H2,2-4H3/t17-,18?,24-,25+/m0/s1. The van der Waals surface area contributed by atoms with Crippen LogP contribution in [0.25, 0.3) is 10.9 Å². The molecule has 0 amide bonds. The number of nitrogens with zero attached hydrogens (tertiary/aromatic N) is 2. The number of pyridine rings is 1. The molecule has 4 heterocycles. The Morgan fingerprint density at radius 2 is 2.21 bits per heavy atom. The van der Waals surface area contributed by atoms with Crippen molar-refractivity contribution in [2.75, 3.05) is 20.2 Å². The van der Waals surface area contributed by atoms with Gasteiger partial charge in [0.05, 0.1) is 18.7 Å². The quantitative estimate of drug-likeness (QED) is 0.725. The molecule has 1 N–H and O–H groups in total. The van der Waals surface area contributed by atoms with E-state index in [2.05, 4.69) is 43.5 Å². The second-order valence-electron chi connectivity index (χ2n) is 8.76. The van der Waals surface area contributed by atoms with E-state index in [4.69, 9.17) is 9.72 Å². The first kappa shape index (κ1) is 20.1. The first-order valence-corrected chi connectivity index (χ1v) is 10.7. The van der Waals surface area contributed by atoms with Crippen LogP contribution in [0.3, 0.4) is 0 Å². The predicted octanol–water partition coefficient (Wildman–Crippen LogP) is 4.68. The van der Waals surface area contributed by atoms with Crippen LogP contribution >= 0.6 is 0 Å². The van der Waals surface area contributed by atoms with Gasteiger partial charge in [0.2, 0.25) is 0 Å². The molecule has 0 spiro atoms. The molecule has 2 unspecified atom stereocenters. The number of allylic oxidation sites excluding steroid dienone is 2. The maximum atomic E-state index is 11.5. The smallest absolute Gasteiger partial charge is 0.119 e. The summed E-state index contributed by atoms with van der Waals surface area (Å²) in [5.41, 5.74) is 4.16. The first-order chi connectivity index (χ1) is 14.0. The van der Waals surface area contributed by atoms with Gasteiger partial charge in [0.1, 0.15) is 5.75 Å². The lowest BCUT2D eigenvalue weighted by atomic mass is 9.73. The van der Waals surface area contributed by atoms with E-state index in [0.717, 1.165) is 53.8 Å². The molecule has 1 aromatic carbocycles. The number of methoxy groups -OCH3 is 1. The lowest BCUT2D eigenvalue weighted by Crippen LogP contribution is -2.54. The van der Waals surface area contributed by atoms with Crippen molar-refractivity contribution in [2.45, 2.75) is 45.3 Å². The summed E-state index contributed by atoms with van der Waals surface area (Å²) in [6.07, 6.45) is 6.76. The van der Waals surface area contributed by atoms with Gasteiger partial charge in [-0.05, 0) is 74.9 Å². The third kappa shape index (κ3) is 3.96. The Labute approximate surface area is 173 Å². The highest BCUT2D eigenvalue weighted by molar-refractivity contribution is 5.84. The average molecular weight is 393 g/mol. The van der Waals surface area contributed by atoms with Crippen molar-refractivity contribution in [1.29, 1.82) is 0 Å². The lowest BCUT2D eigenvalue weighted by Gasteiger charge is -2.50. The number of ether oxygens (including phenoxy) is 1. The largest absolute Gasteiger partial charge is 0.497 e. The second kappa shape index (κ2) is 8.29. The minimum atomic E-state index is -0.536. The van der Waals surface area contributed by atoms with Crippen LogP contribution in [-0.2, 0) is 6.42 Å². The molecule has 2 bridgehead atoms. The number of fused-ring (bicyclic) bond motifs is 4. The summed E-state index contributed by atoms with van der Waals surface area (Å²) in [4.78, 5) is 7.30. The van der Waals surface area contributed by atoms with Crippen molar-refractivity contribution in [3.05, 3.63) is 59.8 Å². The van der Waals surface area contributed by atoms with Crippen LogP contribution < -0.4 is 4.74 Å². The minimum Gasteiger partial charge on any atom is -0.497 e. The summed E-state index contributed by atoms with van der Waals surface area (Å²) >= 11 is 0. The molecule has 0 aliphatic carbocycles. The van der Waals surface area contributed by atoms with Gasteiger partial charge in [0.15, 0.2) is 0 Å². The molecule has 154 valence electrons. The summed E-state index contributed by atoms with van der Waals surface area (Å²) in [6.45, 7) is 10.3. The number of rotatable bonds is 6. The van der Waals surface area contributed by atoms with E-state index in [1.165, 1.54) is 12.0 Å². The molecule has 4 nitrogen and oxygen atoms in total. The highest BCUT2D eigenvalue weighted by atomic mass is 16.5. The number of hydrogen-bond donors (Lipinski definition) is 1. The van der Waals surface area contributed by atoms with Crippen molar-refractivity contribution in [2.24, 2.45) is 11.8 Å². The molecule has 0 radical (unpaired) electrons. The fourth-order valence-electron chi connectivity index (χ4n) is 4.99. The molecule has 1 aromatic heterocycles.